The Balaban J connectivity index is 2.08. The van der Waals surface area contributed by atoms with E-state index in [-0.39, 0.29) is 17.2 Å². The number of halogens is 1. The Hall–Kier alpha value is -2.96. The molecule has 2 amide bonds. The SMILES string of the molecule is Cn1ncc(NC(=O)/C=C/c2ccc(F)cc2)c1C(N)=O. The highest BCUT2D eigenvalue weighted by Crippen LogP contribution is 2.13. The molecule has 0 fully saturated rings. The lowest BCUT2D eigenvalue weighted by atomic mass is 10.2. The predicted octanol–water partition coefficient (Wildman–Crippen LogP) is 1.31. The first-order valence-electron chi connectivity index (χ1n) is 6.04. The summed E-state index contributed by atoms with van der Waals surface area (Å²) in [6.07, 6.45) is 4.13. The second-order valence-corrected chi connectivity index (χ2v) is 4.27. The zero-order chi connectivity index (χ0) is 15.4. The molecule has 0 bridgehead atoms. The topological polar surface area (TPSA) is 90.0 Å². The first-order valence-corrected chi connectivity index (χ1v) is 6.04. The van der Waals surface area contributed by atoms with Crippen molar-refractivity contribution >= 4 is 23.6 Å². The predicted molar refractivity (Wildman–Crippen MR) is 75.8 cm³/mol. The normalized spacial score (nSPS) is 10.8. The van der Waals surface area contributed by atoms with Gasteiger partial charge in [-0.1, -0.05) is 12.1 Å². The highest BCUT2D eigenvalue weighted by Gasteiger charge is 2.14. The van der Waals surface area contributed by atoms with E-state index in [1.807, 2.05) is 0 Å². The molecule has 108 valence electrons. The number of nitrogens with two attached hydrogens (primary N) is 1. The molecule has 7 heteroatoms. The summed E-state index contributed by atoms with van der Waals surface area (Å²) in [4.78, 5) is 23.0. The summed E-state index contributed by atoms with van der Waals surface area (Å²) < 4.78 is 14.0. The molecule has 3 N–H and O–H groups in total. The third kappa shape index (κ3) is 3.53. The van der Waals surface area contributed by atoms with Crippen LogP contribution in [0.3, 0.4) is 0 Å². The van der Waals surface area contributed by atoms with Gasteiger partial charge in [0.15, 0.2) is 0 Å². The Morgan fingerprint density at radius 1 is 1.33 bits per heavy atom. The van der Waals surface area contributed by atoms with Crippen LogP contribution in [-0.4, -0.2) is 21.6 Å². The van der Waals surface area contributed by atoms with Crippen molar-refractivity contribution in [2.24, 2.45) is 12.8 Å². The van der Waals surface area contributed by atoms with E-state index in [1.165, 1.54) is 47.3 Å². The van der Waals surface area contributed by atoms with E-state index in [2.05, 4.69) is 10.4 Å². The van der Waals surface area contributed by atoms with Crippen LogP contribution in [0.1, 0.15) is 16.1 Å². The zero-order valence-corrected chi connectivity index (χ0v) is 11.2. The number of carbonyl (C=O) groups is 2. The fraction of sp³-hybridized carbons (Fsp3) is 0.0714. The van der Waals surface area contributed by atoms with Gasteiger partial charge < -0.3 is 11.1 Å². The molecule has 0 spiro atoms. The highest BCUT2D eigenvalue weighted by atomic mass is 19.1. The van der Waals surface area contributed by atoms with Gasteiger partial charge in [-0.05, 0) is 23.8 Å². The molecule has 0 radical (unpaired) electrons. The van der Waals surface area contributed by atoms with E-state index >= 15 is 0 Å². The molecule has 0 saturated heterocycles. The Labute approximate surface area is 120 Å². The number of hydrogen-bond donors (Lipinski definition) is 2. The summed E-state index contributed by atoms with van der Waals surface area (Å²) >= 11 is 0. The summed E-state index contributed by atoms with van der Waals surface area (Å²) in [5.74, 6) is -1.49. The number of nitrogens with one attached hydrogen (secondary N) is 1. The molecule has 6 nitrogen and oxygen atoms in total. The molecule has 0 unspecified atom stereocenters. The molecule has 2 rings (SSSR count). The fourth-order valence-corrected chi connectivity index (χ4v) is 1.74. The number of anilines is 1. The summed E-state index contributed by atoms with van der Waals surface area (Å²) in [6.45, 7) is 0. The van der Waals surface area contributed by atoms with Crippen LogP contribution in [0.2, 0.25) is 0 Å². The maximum atomic E-state index is 12.7. The first kappa shape index (κ1) is 14.4. The molecule has 1 aromatic heterocycles. The molecule has 1 heterocycles. The lowest BCUT2D eigenvalue weighted by Gasteiger charge is -2.02. The number of aromatic nitrogens is 2. The van der Waals surface area contributed by atoms with E-state index in [0.29, 0.717) is 5.56 Å². The second-order valence-electron chi connectivity index (χ2n) is 4.27. The molecule has 0 saturated carbocycles. The van der Waals surface area contributed by atoms with Crippen molar-refractivity contribution in [3.63, 3.8) is 0 Å². The maximum absolute atomic E-state index is 12.7. The number of rotatable bonds is 4. The Morgan fingerprint density at radius 3 is 2.62 bits per heavy atom. The largest absolute Gasteiger partial charge is 0.364 e. The van der Waals surface area contributed by atoms with E-state index in [4.69, 9.17) is 5.73 Å². The molecule has 0 aliphatic rings. The van der Waals surface area contributed by atoms with Crippen LogP contribution in [0.15, 0.2) is 36.5 Å². The van der Waals surface area contributed by atoms with Gasteiger partial charge >= 0.3 is 0 Å². The summed E-state index contributed by atoms with van der Waals surface area (Å²) in [7, 11) is 1.55. The van der Waals surface area contributed by atoms with Crippen molar-refractivity contribution in [1.82, 2.24) is 9.78 Å². The first-order chi connectivity index (χ1) is 9.97. The van der Waals surface area contributed by atoms with Gasteiger partial charge in [0.05, 0.1) is 11.9 Å². The van der Waals surface area contributed by atoms with E-state index < -0.39 is 11.8 Å². The molecule has 0 aliphatic carbocycles. The summed E-state index contributed by atoms with van der Waals surface area (Å²) in [5, 5.41) is 6.36. The third-order valence-electron chi connectivity index (χ3n) is 2.73. The van der Waals surface area contributed by atoms with Gasteiger partial charge in [0.2, 0.25) is 5.91 Å². The monoisotopic (exact) mass is 288 g/mol. The van der Waals surface area contributed by atoms with Gasteiger partial charge in [0.25, 0.3) is 5.91 Å². The number of nitrogens with zero attached hydrogens (tertiary/aromatic N) is 2. The molecule has 0 aliphatic heterocycles. The maximum Gasteiger partial charge on any atom is 0.269 e. The number of hydrogen-bond acceptors (Lipinski definition) is 3. The highest BCUT2D eigenvalue weighted by molar-refractivity contribution is 6.06. The van der Waals surface area contributed by atoms with Crippen LogP contribution < -0.4 is 11.1 Å². The van der Waals surface area contributed by atoms with E-state index in [0.717, 1.165) is 0 Å². The van der Waals surface area contributed by atoms with Gasteiger partial charge in [0, 0.05) is 13.1 Å². The smallest absolute Gasteiger partial charge is 0.269 e. The molecule has 0 atom stereocenters. The van der Waals surface area contributed by atoms with Gasteiger partial charge in [-0.25, -0.2) is 4.39 Å². The van der Waals surface area contributed by atoms with Gasteiger partial charge in [-0.15, -0.1) is 0 Å². The zero-order valence-electron chi connectivity index (χ0n) is 11.2. The molecule has 1 aromatic carbocycles. The number of benzene rings is 1. The molecular weight excluding hydrogens is 275 g/mol. The Bertz CT molecular complexity index is 704. The molecular formula is C14H13FN4O2. The average molecular weight is 288 g/mol. The fourth-order valence-electron chi connectivity index (χ4n) is 1.74. The molecule has 21 heavy (non-hydrogen) atoms. The van der Waals surface area contributed by atoms with Crippen molar-refractivity contribution in [2.75, 3.05) is 5.32 Å². The standard InChI is InChI=1S/C14H13FN4O2/c1-19-13(14(16)21)11(8-17-19)18-12(20)7-4-9-2-5-10(15)6-3-9/h2-8H,1H3,(H2,16,21)(H,18,20)/b7-4+. The van der Waals surface area contributed by atoms with Crippen LogP contribution in [-0.2, 0) is 11.8 Å². The summed E-state index contributed by atoms with van der Waals surface area (Å²) in [5.41, 5.74) is 6.23. The Morgan fingerprint density at radius 2 is 2.00 bits per heavy atom. The van der Waals surface area contributed by atoms with Crippen molar-refractivity contribution in [2.45, 2.75) is 0 Å². The molecule has 2 aromatic rings. The number of carbonyl (C=O) groups excluding carboxylic acids is 2. The van der Waals surface area contributed by atoms with Crippen LogP contribution >= 0.6 is 0 Å². The van der Waals surface area contributed by atoms with Crippen molar-refractivity contribution in [3.8, 4) is 0 Å². The van der Waals surface area contributed by atoms with Crippen molar-refractivity contribution < 1.29 is 14.0 Å². The number of aryl methyl sites for hydroxylation is 1. The number of amides is 2. The quantitative estimate of drug-likeness (QED) is 0.831. The van der Waals surface area contributed by atoms with E-state index in [1.54, 1.807) is 7.05 Å². The average Bonchev–Trinajstić information content (AvgIpc) is 2.79. The van der Waals surface area contributed by atoms with Crippen molar-refractivity contribution in [3.05, 3.63) is 53.6 Å². The van der Waals surface area contributed by atoms with Crippen LogP contribution in [0.25, 0.3) is 6.08 Å². The van der Waals surface area contributed by atoms with Crippen LogP contribution in [0.4, 0.5) is 10.1 Å². The minimum atomic E-state index is -0.687. The van der Waals surface area contributed by atoms with Gasteiger partial charge in [-0.3, -0.25) is 14.3 Å². The van der Waals surface area contributed by atoms with Crippen LogP contribution in [0.5, 0.6) is 0 Å². The van der Waals surface area contributed by atoms with Crippen molar-refractivity contribution in [1.29, 1.82) is 0 Å². The lowest BCUT2D eigenvalue weighted by Crippen LogP contribution is -2.19. The summed E-state index contributed by atoms with van der Waals surface area (Å²) in [6, 6.07) is 5.67. The van der Waals surface area contributed by atoms with E-state index in [9.17, 15) is 14.0 Å². The minimum absolute atomic E-state index is 0.110. The second kappa shape index (κ2) is 6.00. The van der Waals surface area contributed by atoms with Crippen LogP contribution in [0, 0.1) is 5.82 Å². The minimum Gasteiger partial charge on any atom is -0.364 e. The third-order valence-corrected chi connectivity index (χ3v) is 2.73. The lowest BCUT2D eigenvalue weighted by molar-refractivity contribution is -0.111. The van der Waals surface area contributed by atoms with Gasteiger partial charge in [-0.2, -0.15) is 5.10 Å². The Kier molecular flexibility index (Phi) is 4.13. The van der Waals surface area contributed by atoms with Gasteiger partial charge in [0.1, 0.15) is 11.5 Å². The number of primary amides is 1.